The van der Waals surface area contributed by atoms with E-state index in [0.29, 0.717) is 30.6 Å². The number of carbonyl (C=O) groups is 1. The Morgan fingerprint density at radius 1 is 1.38 bits per heavy atom. The van der Waals surface area contributed by atoms with E-state index in [1.54, 1.807) is 0 Å². The molecule has 0 atom stereocenters. The van der Waals surface area contributed by atoms with Gasteiger partial charge in [-0.2, -0.15) is 4.98 Å². The molecular weight excluding hydrogens is 336 g/mol. The predicted octanol–water partition coefficient (Wildman–Crippen LogP) is 1.92. The standard InChI is InChI=1S/C18H22N4O4/c23-9-12-1-4-22(5-2-12)15-8-16-14(19-3-6-25-16)7-13(15)18-21-17(10-26-18)20-11-24/h7-8,10-12,19,23H,1-6,9H2,(H,20,24). The van der Waals surface area contributed by atoms with E-state index in [2.05, 4.69) is 20.5 Å². The number of hydrogen-bond donors (Lipinski definition) is 3. The number of amides is 1. The zero-order valence-corrected chi connectivity index (χ0v) is 14.4. The molecule has 3 N–H and O–H groups in total. The summed E-state index contributed by atoms with van der Waals surface area (Å²) in [6.07, 6.45) is 3.88. The fraction of sp³-hybridized carbons (Fsp3) is 0.444. The van der Waals surface area contributed by atoms with Gasteiger partial charge in [-0.1, -0.05) is 0 Å². The summed E-state index contributed by atoms with van der Waals surface area (Å²) in [5, 5.41) is 15.2. The van der Waals surface area contributed by atoms with E-state index in [1.165, 1.54) is 6.26 Å². The molecule has 2 aliphatic heterocycles. The van der Waals surface area contributed by atoms with Crippen LogP contribution in [0.4, 0.5) is 17.2 Å². The molecule has 1 aromatic heterocycles. The van der Waals surface area contributed by atoms with Gasteiger partial charge in [-0.05, 0) is 24.8 Å². The van der Waals surface area contributed by atoms with Crippen molar-refractivity contribution in [3.8, 4) is 17.2 Å². The third-order valence-corrected chi connectivity index (χ3v) is 4.93. The van der Waals surface area contributed by atoms with Gasteiger partial charge in [-0.3, -0.25) is 4.79 Å². The van der Waals surface area contributed by atoms with Gasteiger partial charge in [0.2, 0.25) is 12.3 Å². The lowest BCUT2D eigenvalue weighted by Gasteiger charge is -2.34. The van der Waals surface area contributed by atoms with Crippen LogP contribution in [0.25, 0.3) is 11.5 Å². The van der Waals surface area contributed by atoms with Crippen molar-refractivity contribution in [1.29, 1.82) is 0 Å². The summed E-state index contributed by atoms with van der Waals surface area (Å²) < 4.78 is 11.4. The highest BCUT2D eigenvalue weighted by Crippen LogP contribution is 2.41. The molecule has 4 rings (SSSR count). The first-order valence-electron chi connectivity index (χ1n) is 8.85. The third-order valence-electron chi connectivity index (χ3n) is 4.93. The number of aromatic nitrogens is 1. The number of ether oxygens (including phenoxy) is 1. The molecule has 138 valence electrons. The Kier molecular flexibility index (Phi) is 4.66. The number of carbonyl (C=O) groups excluding carboxylic acids is 1. The Labute approximate surface area is 151 Å². The summed E-state index contributed by atoms with van der Waals surface area (Å²) in [6.45, 7) is 3.32. The Morgan fingerprint density at radius 3 is 3.00 bits per heavy atom. The van der Waals surface area contributed by atoms with E-state index in [9.17, 15) is 9.90 Å². The molecule has 0 unspecified atom stereocenters. The Morgan fingerprint density at radius 2 is 2.23 bits per heavy atom. The number of benzene rings is 1. The smallest absolute Gasteiger partial charge is 0.230 e. The van der Waals surface area contributed by atoms with Gasteiger partial charge in [0.25, 0.3) is 0 Å². The first kappa shape index (κ1) is 16.7. The second kappa shape index (κ2) is 7.25. The molecule has 0 radical (unpaired) electrons. The number of aliphatic hydroxyl groups excluding tert-OH is 1. The molecule has 0 spiro atoms. The minimum Gasteiger partial charge on any atom is -0.490 e. The minimum absolute atomic E-state index is 0.235. The average Bonchev–Trinajstić information content (AvgIpc) is 3.16. The van der Waals surface area contributed by atoms with Crippen LogP contribution in [0.2, 0.25) is 0 Å². The van der Waals surface area contributed by atoms with Crippen molar-refractivity contribution in [1.82, 2.24) is 4.98 Å². The number of fused-ring (bicyclic) bond motifs is 1. The van der Waals surface area contributed by atoms with Gasteiger partial charge in [0.1, 0.15) is 18.6 Å². The minimum atomic E-state index is 0.235. The number of aliphatic hydroxyl groups is 1. The number of hydrogen-bond acceptors (Lipinski definition) is 7. The van der Waals surface area contributed by atoms with Crippen LogP contribution in [0.5, 0.6) is 5.75 Å². The predicted molar refractivity (Wildman–Crippen MR) is 97.6 cm³/mol. The van der Waals surface area contributed by atoms with E-state index in [-0.39, 0.29) is 6.61 Å². The molecule has 2 aromatic rings. The molecule has 1 aromatic carbocycles. The summed E-state index contributed by atoms with van der Waals surface area (Å²) >= 11 is 0. The lowest BCUT2D eigenvalue weighted by molar-refractivity contribution is -0.105. The van der Waals surface area contributed by atoms with Crippen molar-refractivity contribution in [2.75, 3.05) is 48.4 Å². The maximum absolute atomic E-state index is 10.6. The molecule has 1 saturated heterocycles. The molecule has 26 heavy (non-hydrogen) atoms. The molecule has 0 aliphatic carbocycles. The largest absolute Gasteiger partial charge is 0.490 e. The lowest BCUT2D eigenvalue weighted by Crippen LogP contribution is -2.35. The van der Waals surface area contributed by atoms with Crippen LogP contribution in [0.3, 0.4) is 0 Å². The maximum Gasteiger partial charge on any atom is 0.230 e. The summed E-state index contributed by atoms with van der Waals surface area (Å²) in [6, 6.07) is 4.01. The average molecular weight is 358 g/mol. The monoisotopic (exact) mass is 358 g/mol. The number of piperidine rings is 1. The summed E-state index contributed by atoms with van der Waals surface area (Å²) in [5.41, 5.74) is 2.75. The van der Waals surface area contributed by atoms with Gasteiger partial charge in [-0.15, -0.1) is 0 Å². The Bertz CT molecular complexity index is 783. The van der Waals surface area contributed by atoms with Gasteiger partial charge < -0.3 is 29.8 Å². The van der Waals surface area contributed by atoms with Crippen molar-refractivity contribution >= 4 is 23.6 Å². The first-order chi connectivity index (χ1) is 12.8. The molecule has 1 fully saturated rings. The number of oxazole rings is 1. The van der Waals surface area contributed by atoms with Gasteiger partial charge >= 0.3 is 0 Å². The molecule has 0 bridgehead atoms. The van der Waals surface area contributed by atoms with Crippen molar-refractivity contribution < 1.29 is 19.1 Å². The highest BCUT2D eigenvalue weighted by Gasteiger charge is 2.25. The van der Waals surface area contributed by atoms with Crippen LogP contribution < -0.4 is 20.3 Å². The summed E-state index contributed by atoms with van der Waals surface area (Å²) in [5.74, 6) is 2.00. The van der Waals surface area contributed by atoms with Crippen LogP contribution in [0, 0.1) is 5.92 Å². The maximum atomic E-state index is 10.6. The fourth-order valence-electron chi connectivity index (χ4n) is 3.49. The number of rotatable bonds is 5. The van der Waals surface area contributed by atoms with Crippen molar-refractivity contribution in [2.24, 2.45) is 5.92 Å². The zero-order chi connectivity index (χ0) is 17.9. The lowest BCUT2D eigenvalue weighted by atomic mass is 9.96. The Balaban J connectivity index is 1.71. The second-order valence-corrected chi connectivity index (χ2v) is 6.55. The SMILES string of the molecule is O=CNc1coc(-c2cc3c(cc2N2CCC(CO)CC2)OCCN3)n1. The van der Waals surface area contributed by atoms with Crippen LogP contribution >= 0.6 is 0 Å². The van der Waals surface area contributed by atoms with Gasteiger partial charge in [0.15, 0.2) is 5.82 Å². The summed E-state index contributed by atoms with van der Waals surface area (Å²) in [4.78, 5) is 17.3. The quantitative estimate of drug-likeness (QED) is 0.702. The molecule has 0 saturated carbocycles. The molecule has 2 aliphatic rings. The van der Waals surface area contributed by atoms with E-state index >= 15 is 0 Å². The number of anilines is 3. The molecule has 8 nitrogen and oxygen atoms in total. The second-order valence-electron chi connectivity index (χ2n) is 6.55. The van der Waals surface area contributed by atoms with E-state index in [4.69, 9.17) is 9.15 Å². The van der Waals surface area contributed by atoms with Crippen LogP contribution in [0.1, 0.15) is 12.8 Å². The Hall–Kier alpha value is -2.74. The zero-order valence-electron chi connectivity index (χ0n) is 14.4. The molecule has 3 heterocycles. The number of nitrogens with one attached hydrogen (secondary N) is 2. The van der Waals surface area contributed by atoms with E-state index in [0.717, 1.165) is 55.2 Å². The van der Waals surface area contributed by atoms with E-state index in [1.807, 2.05) is 12.1 Å². The van der Waals surface area contributed by atoms with Crippen molar-refractivity contribution in [3.63, 3.8) is 0 Å². The van der Waals surface area contributed by atoms with Gasteiger partial charge in [0.05, 0.1) is 16.9 Å². The van der Waals surface area contributed by atoms with Crippen LogP contribution in [0.15, 0.2) is 22.8 Å². The third kappa shape index (κ3) is 3.20. The molecule has 8 heteroatoms. The van der Waals surface area contributed by atoms with Crippen molar-refractivity contribution in [3.05, 3.63) is 18.4 Å². The number of nitrogens with zero attached hydrogens (tertiary/aromatic N) is 2. The highest BCUT2D eigenvalue weighted by atomic mass is 16.5. The molecular formula is C18H22N4O4. The highest BCUT2D eigenvalue weighted by molar-refractivity contribution is 5.82. The summed E-state index contributed by atoms with van der Waals surface area (Å²) in [7, 11) is 0. The normalized spacial score (nSPS) is 17.2. The van der Waals surface area contributed by atoms with Crippen molar-refractivity contribution in [2.45, 2.75) is 12.8 Å². The first-order valence-corrected chi connectivity index (χ1v) is 8.85. The molecule has 1 amide bonds. The van der Waals surface area contributed by atoms with E-state index < -0.39 is 0 Å². The van der Waals surface area contributed by atoms with Crippen LogP contribution in [-0.4, -0.2) is 49.3 Å². The van der Waals surface area contributed by atoms with Crippen LogP contribution in [-0.2, 0) is 4.79 Å². The van der Waals surface area contributed by atoms with Gasteiger partial charge in [0, 0.05) is 32.3 Å². The topological polar surface area (TPSA) is 99.9 Å². The fourth-order valence-corrected chi connectivity index (χ4v) is 3.49. The van der Waals surface area contributed by atoms with Gasteiger partial charge in [-0.25, -0.2) is 0 Å².